The lowest BCUT2D eigenvalue weighted by Gasteiger charge is -2.16. The number of nitrogens with one attached hydrogen (secondary N) is 2. The molecule has 0 aliphatic rings. The van der Waals surface area contributed by atoms with Crippen molar-refractivity contribution in [2.45, 2.75) is 52.0 Å². The molecular weight excluding hydrogens is 404 g/mol. The van der Waals surface area contributed by atoms with Crippen molar-refractivity contribution in [2.75, 3.05) is 20.8 Å². The number of rotatable bonds is 13. The summed E-state index contributed by atoms with van der Waals surface area (Å²) in [6.07, 6.45) is 5.13. The molecule has 2 rings (SSSR count). The van der Waals surface area contributed by atoms with Gasteiger partial charge < -0.3 is 20.1 Å². The smallest absolute Gasteiger partial charge is 0.251 e. The van der Waals surface area contributed by atoms with Gasteiger partial charge >= 0.3 is 0 Å². The van der Waals surface area contributed by atoms with E-state index in [0.717, 1.165) is 43.6 Å². The predicted molar refractivity (Wildman–Crippen MR) is 127 cm³/mol. The van der Waals surface area contributed by atoms with Crippen molar-refractivity contribution in [1.29, 1.82) is 0 Å². The molecule has 2 unspecified atom stereocenters. The van der Waals surface area contributed by atoms with Crippen molar-refractivity contribution >= 4 is 11.8 Å². The van der Waals surface area contributed by atoms with Crippen molar-refractivity contribution in [3.63, 3.8) is 0 Å². The Morgan fingerprint density at radius 2 is 1.25 bits per heavy atom. The van der Waals surface area contributed by atoms with Gasteiger partial charge in [-0.3, -0.25) is 9.59 Å². The maximum atomic E-state index is 12.3. The van der Waals surface area contributed by atoms with Gasteiger partial charge in [-0.05, 0) is 80.6 Å². The molecule has 0 aromatic heterocycles. The molecule has 2 atom stereocenters. The highest BCUT2D eigenvalue weighted by Gasteiger charge is 2.11. The lowest BCUT2D eigenvalue weighted by molar-refractivity contribution is 0.0933. The van der Waals surface area contributed by atoms with E-state index in [4.69, 9.17) is 9.47 Å². The van der Waals surface area contributed by atoms with E-state index in [1.54, 1.807) is 62.8 Å². The van der Waals surface area contributed by atoms with Gasteiger partial charge in [0.1, 0.15) is 11.5 Å². The van der Waals surface area contributed by atoms with E-state index in [2.05, 4.69) is 17.6 Å². The quantitative estimate of drug-likeness (QED) is 0.437. The van der Waals surface area contributed by atoms with Crippen molar-refractivity contribution in [3.05, 3.63) is 59.7 Å². The van der Waals surface area contributed by atoms with Crippen LogP contribution < -0.4 is 20.1 Å². The molecule has 2 aromatic carbocycles. The van der Waals surface area contributed by atoms with Crippen LogP contribution in [0.1, 0.15) is 66.7 Å². The van der Waals surface area contributed by atoms with Gasteiger partial charge in [0, 0.05) is 23.7 Å². The summed E-state index contributed by atoms with van der Waals surface area (Å²) in [6, 6.07) is 14.4. The fourth-order valence-electron chi connectivity index (χ4n) is 3.54. The van der Waals surface area contributed by atoms with E-state index in [1.807, 2.05) is 6.92 Å². The third-order valence-electron chi connectivity index (χ3n) is 5.58. The van der Waals surface area contributed by atoms with Gasteiger partial charge in [-0.1, -0.05) is 19.8 Å². The molecule has 0 aliphatic heterocycles. The Morgan fingerprint density at radius 1 is 0.750 bits per heavy atom. The summed E-state index contributed by atoms with van der Waals surface area (Å²) in [4.78, 5) is 24.5. The Bertz CT molecular complexity index is 834. The Balaban J connectivity index is 1.57. The first kappa shape index (κ1) is 25.2. The van der Waals surface area contributed by atoms with Gasteiger partial charge in [0.05, 0.1) is 14.2 Å². The van der Waals surface area contributed by atoms with E-state index in [1.165, 1.54) is 0 Å². The Labute approximate surface area is 191 Å². The molecule has 0 radical (unpaired) electrons. The molecule has 0 bridgehead atoms. The first-order valence-corrected chi connectivity index (χ1v) is 11.3. The van der Waals surface area contributed by atoms with Crippen LogP contribution in [0.5, 0.6) is 11.5 Å². The predicted octanol–water partition coefficient (Wildman–Crippen LogP) is 4.84. The average Bonchev–Trinajstić information content (AvgIpc) is 2.81. The van der Waals surface area contributed by atoms with Crippen LogP contribution in [0, 0.1) is 5.92 Å². The van der Waals surface area contributed by atoms with Gasteiger partial charge in [0.25, 0.3) is 11.8 Å². The largest absolute Gasteiger partial charge is 0.497 e. The summed E-state index contributed by atoms with van der Waals surface area (Å²) >= 11 is 0. The fraction of sp³-hybridized carbons (Fsp3) is 0.462. The highest BCUT2D eigenvalue weighted by molar-refractivity contribution is 5.94. The Morgan fingerprint density at radius 3 is 1.78 bits per heavy atom. The molecule has 2 aromatic rings. The molecule has 6 heteroatoms. The summed E-state index contributed by atoms with van der Waals surface area (Å²) in [5.74, 6) is 1.95. The summed E-state index contributed by atoms with van der Waals surface area (Å²) in [7, 11) is 3.21. The lowest BCUT2D eigenvalue weighted by atomic mass is 9.97. The number of hydrogen-bond donors (Lipinski definition) is 2. The average molecular weight is 441 g/mol. The van der Waals surface area contributed by atoms with Crippen LogP contribution in [-0.4, -0.2) is 38.6 Å². The molecule has 0 fully saturated rings. The zero-order chi connectivity index (χ0) is 23.3. The molecule has 0 saturated heterocycles. The van der Waals surface area contributed by atoms with E-state index < -0.39 is 0 Å². The highest BCUT2D eigenvalue weighted by atomic mass is 16.5. The van der Waals surface area contributed by atoms with Crippen LogP contribution in [0.15, 0.2) is 48.5 Å². The summed E-state index contributed by atoms with van der Waals surface area (Å²) in [6.45, 7) is 4.95. The number of methoxy groups -OCH3 is 2. The van der Waals surface area contributed by atoms with Gasteiger partial charge in [-0.25, -0.2) is 0 Å². The van der Waals surface area contributed by atoms with E-state index in [-0.39, 0.29) is 17.9 Å². The van der Waals surface area contributed by atoms with E-state index in [9.17, 15) is 9.59 Å². The molecule has 6 nitrogen and oxygen atoms in total. The Hall–Kier alpha value is -3.02. The summed E-state index contributed by atoms with van der Waals surface area (Å²) in [5, 5.41) is 6.04. The molecule has 174 valence electrons. The molecule has 32 heavy (non-hydrogen) atoms. The van der Waals surface area contributed by atoms with Crippen LogP contribution in [0.25, 0.3) is 0 Å². The second kappa shape index (κ2) is 13.4. The standard InChI is InChI=1S/C26H36N2O4/c1-19(8-6-18-27-25(29)21-10-14-23(31-3)15-11-21)7-5-9-20(2)28-26(30)22-12-16-24(32-4)17-13-22/h10-17,19-20H,5-9,18H2,1-4H3,(H,27,29)(H,28,30). The molecule has 0 aliphatic carbocycles. The SMILES string of the molecule is COc1ccc(C(=O)NCCCC(C)CCCC(C)NC(=O)c2ccc(OC)cc2)cc1. The number of benzene rings is 2. The zero-order valence-corrected chi connectivity index (χ0v) is 19.6. The van der Waals surface area contributed by atoms with Crippen LogP contribution in [0.2, 0.25) is 0 Å². The monoisotopic (exact) mass is 440 g/mol. The molecule has 2 N–H and O–H groups in total. The van der Waals surface area contributed by atoms with Crippen LogP contribution in [0.3, 0.4) is 0 Å². The minimum atomic E-state index is -0.0548. The molecule has 0 heterocycles. The van der Waals surface area contributed by atoms with Crippen LogP contribution in [-0.2, 0) is 0 Å². The number of carbonyl (C=O) groups excluding carboxylic acids is 2. The van der Waals surface area contributed by atoms with Crippen LogP contribution in [0.4, 0.5) is 0 Å². The Kier molecular flexibility index (Phi) is 10.6. The van der Waals surface area contributed by atoms with E-state index >= 15 is 0 Å². The zero-order valence-electron chi connectivity index (χ0n) is 19.6. The summed E-state index contributed by atoms with van der Waals surface area (Å²) in [5.41, 5.74) is 1.28. The maximum Gasteiger partial charge on any atom is 0.251 e. The van der Waals surface area contributed by atoms with Gasteiger partial charge in [0.15, 0.2) is 0 Å². The molecule has 0 spiro atoms. The fourth-order valence-corrected chi connectivity index (χ4v) is 3.54. The third kappa shape index (κ3) is 8.61. The first-order chi connectivity index (χ1) is 15.4. The number of amides is 2. The van der Waals surface area contributed by atoms with Crippen molar-refractivity contribution in [1.82, 2.24) is 10.6 Å². The summed E-state index contributed by atoms with van der Waals surface area (Å²) < 4.78 is 10.2. The number of hydrogen-bond acceptors (Lipinski definition) is 4. The minimum Gasteiger partial charge on any atom is -0.497 e. The number of carbonyl (C=O) groups is 2. The number of ether oxygens (including phenoxy) is 2. The molecular formula is C26H36N2O4. The maximum absolute atomic E-state index is 12.3. The van der Waals surface area contributed by atoms with Gasteiger partial charge in [0.2, 0.25) is 0 Å². The first-order valence-electron chi connectivity index (χ1n) is 11.3. The lowest BCUT2D eigenvalue weighted by Crippen LogP contribution is -2.32. The van der Waals surface area contributed by atoms with Crippen LogP contribution >= 0.6 is 0 Å². The minimum absolute atomic E-state index is 0.0540. The van der Waals surface area contributed by atoms with Gasteiger partial charge in [-0.15, -0.1) is 0 Å². The van der Waals surface area contributed by atoms with Crippen molar-refractivity contribution in [2.24, 2.45) is 5.92 Å². The van der Waals surface area contributed by atoms with Crippen molar-refractivity contribution < 1.29 is 19.1 Å². The third-order valence-corrected chi connectivity index (χ3v) is 5.58. The highest BCUT2D eigenvalue weighted by Crippen LogP contribution is 2.16. The van der Waals surface area contributed by atoms with E-state index in [0.29, 0.717) is 23.6 Å². The van der Waals surface area contributed by atoms with Gasteiger partial charge in [-0.2, -0.15) is 0 Å². The second-order valence-corrected chi connectivity index (χ2v) is 8.27. The normalized spacial score (nSPS) is 12.5. The second-order valence-electron chi connectivity index (χ2n) is 8.27. The molecule has 2 amide bonds. The molecule has 0 saturated carbocycles. The topological polar surface area (TPSA) is 76.7 Å². The van der Waals surface area contributed by atoms with Crippen molar-refractivity contribution in [3.8, 4) is 11.5 Å².